The third kappa shape index (κ3) is 4.85. The fraction of sp³-hybridized carbons (Fsp3) is 0.500. The molecule has 2 heterocycles. The first-order chi connectivity index (χ1) is 15.1. The predicted octanol–water partition coefficient (Wildman–Crippen LogP) is 4.36. The molecule has 0 amide bonds. The molecule has 5 N–H and O–H groups in total. The summed E-state index contributed by atoms with van der Waals surface area (Å²) in [6.45, 7) is 2.49. The number of rotatable bonds is 8. The van der Waals surface area contributed by atoms with Crippen molar-refractivity contribution in [1.29, 1.82) is 0 Å². The van der Waals surface area contributed by atoms with Gasteiger partial charge >= 0.3 is 0 Å². The van der Waals surface area contributed by atoms with E-state index in [1.165, 1.54) is 19.3 Å². The first-order valence-electron chi connectivity index (χ1n) is 11.0. The van der Waals surface area contributed by atoms with Crippen LogP contribution in [0.2, 0.25) is 5.02 Å². The van der Waals surface area contributed by atoms with E-state index in [0.29, 0.717) is 35.1 Å². The Hall–Kier alpha value is -2.58. The summed E-state index contributed by atoms with van der Waals surface area (Å²) in [5.74, 6) is 1.11. The summed E-state index contributed by atoms with van der Waals surface area (Å²) in [5, 5.41) is 16.9. The minimum Gasteiger partial charge on any atom is -0.398 e. The molecule has 1 fully saturated rings. The summed E-state index contributed by atoms with van der Waals surface area (Å²) in [7, 11) is 0. The molecule has 4 rings (SSSR count). The van der Waals surface area contributed by atoms with Crippen molar-refractivity contribution in [3.63, 3.8) is 0 Å². The van der Waals surface area contributed by atoms with Crippen molar-refractivity contribution in [1.82, 2.24) is 19.5 Å². The minimum atomic E-state index is -0.111. The van der Waals surface area contributed by atoms with Gasteiger partial charge in [0.05, 0.1) is 19.0 Å². The molecule has 0 spiro atoms. The lowest BCUT2D eigenvalue weighted by molar-refractivity contribution is 0.271. The molecule has 2 aromatic heterocycles. The number of fused-ring (bicyclic) bond motifs is 1. The number of nitrogens with two attached hydrogens (primary N) is 1. The van der Waals surface area contributed by atoms with Gasteiger partial charge in [0.25, 0.3) is 0 Å². The number of anilines is 3. The van der Waals surface area contributed by atoms with Crippen LogP contribution in [0.1, 0.15) is 57.1 Å². The van der Waals surface area contributed by atoms with Gasteiger partial charge < -0.3 is 26.0 Å². The predicted molar refractivity (Wildman–Crippen MR) is 125 cm³/mol. The maximum atomic E-state index is 9.62. The van der Waals surface area contributed by atoms with Crippen LogP contribution in [-0.2, 0) is 6.54 Å². The molecule has 0 bridgehead atoms. The highest BCUT2D eigenvalue weighted by molar-refractivity contribution is 6.30. The zero-order chi connectivity index (χ0) is 21.8. The lowest BCUT2D eigenvalue weighted by Gasteiger charge is -2.23. The van der Waals surface area contributed by atoms with Gasteiger partial charge in [0.1, 0.15) is 0 Å². The molecule has 1 aliphatic carbocycles. The Morgan fingerprint density at radius 2 is 2.06 bits per heavy atom. The summed E-state index contributed by atoms with van der Waals surface area (Å²) in [6.07, 6.45) is 8.64. The van der Waals surface area contributed by atoms with Crippen LogP contribution >= 0.6 is 11.6 Å². The fourth-order valence-electron chi connectivity index (χ4n) is 4.10. The molecular formula is C22H30ClN7O. The van der Waals surface area contributed by atoms with Crippen LogP contribution in [0.4, 0.5) is 17.5 Å². The summed E-state index contributed by atoms with van der Waals surface area (Å²) >= 11 is 6.14. The highest BCUT2D eigenvalue weighted by Gasteiger charge is 2.21. The zero-order valence-corrected chi connectivity index (χ0v) is 18.6. The number of imidazole rings is 1. The van der Waals surface area contributed by atoms with Crippen molar-refractivity contribution in [2.75, 3.05) is 23.0 Å². The standard InChI is InChI=1S/C22H30ClN7O/c1-2-16(12-31)27-22-28-20(25-11-14-10-15(23)8-9-18(14)24)19-21(29-22)30(13-26-19)17-6-4-3-5-7-17/h8-10,13,16-17,31H,2-7,11-12,24H2,1H3,(H2,25,27,28,29). The molecule has 8 nitrogen and oxygen atoms in total. The van der Waals surface area contributed by atoms with Crippen LogP contribution < -0.4 is 16.4 Å². The number of benzene rings is 1. The average Bonchev–Trinajstić information content (AvgIpc) is 3.22. The van der Waals surface area contributed by atoms with Crippen LogP contribution in [0.5, 0.6) is 0 Å². The minimum absolute atomic E-state index is 0.0155. The Morgan fingerprint density at radius 3 is 2.81 bits per heavy atom. The topological polar surface area (TPSA) is 114 Å². The summed E-state index contributed by atoms with van der Waals surface area (Å²) < 4.78 is 2.18. The zero-order valence-electron chi connectivity index (χ0n) is 17.8. The Labute approximate surface area is 187 Å². The van der Waals surface area contributed by atoms with Gasteiger partial charge in [-0.15, -0.1) is 0 Å². The normalized spacial score (nSPS) is 15.8. The van der Waals surface area contributed by atoms with E-state index in [1.807, 2.05) is 19.3 Å². The smallest absolute Gasteiger partial charge is 0.227 e. The molecule has 0 radical (unpaired) electrons. The van der Waals surface area contributed by atoms with E-state index >= 15 is 0 Å². The Balaban J connectivity index is 1.69. The number of hydrogen-bond donors (Lipinski definition) is 4. The molecule has 0 aliphatic heterocycles. The number of nitrogens with zero attached hydrogens (tertiary/aromatic N) is 4. The highest BCUT2D eigenvalue weighted by atomic mass is 35.5. The van der Waals surface area contributed by atoms with E-state index < -0.39 is 0 Å². The van der Waals surface area contributed by atoms with Crippen molar-refractivity contribution in [3.05, 3.63) is 35.1 Å². The van der Waals surface area contributed by atoms with Gasteiger partial charge in [0.15, 0.2) is 17.0 Å². The van der Waals surface area contributed by atoms with E-state index in [9.17, 15) is 5.11 Å². The van der Waals surface area contributed by atoms with Crippen molar-refractivity contribution in [2.24, 2.45) is 0 Å². The number of nitrogen functional groups attached to an aromatic ring is 1. The van der Waals surface area contributed by atoms with Crippen molar-refractivity contribution < 1.29 is 5.11 Å². The summed E-state index contributed by atoms with van der Waals surface area (Å²) in [4.78, 5) is 14.1. The van der Waals surface area contributed by atoms with Crippen LogP contribution in [0.15, 0.2) is 24.5 Å². The van der Waals surface area contributed by atoms with Crippen molar-refractivity contribution in [3.8, 4) is 0 Å². The van der Waals surface area contributed by atoms with E-state index in [2.05, 4.69) is 25.2 Å². The SMILES string of the molecule is CCC(CO)Nc1nc(NCc2cc(Cl)ccc2N)c2ncn(C3CCCCC3)c2n1. The molecule has 3 aromatic rings. The second-order valence-electron chi connectivity index (χ2n) is 8.14. The first-order valence-corrected chi connectivity index (χ1v) is 11.4. The van der Waals surface area contributed by atoms with Crippen LogP contribution in [0.25, 0.3) is 11.2 Å². The van der Waals surface area contributed by atoms with Gasteiger partial charge in [-0.2, -0.15) is 9.97 Å². The van der Waals surface area contributed by atoms with Gasteiger partial charge in [-0.25, -0.2) is 4.98 Å². The second-order valence-corrected chi connectivity index (χ2v) is 8.58. The van der Waals surface area contributed by atoms with Crippen LogP contribution in [0, 0.1) is 0 Å². The summed E-state index contributed by atoms with van der Waals surface area (Å²) in [5.41, 5.74) is 9.20. The highest BCUT2D eigenvalue weighted by Crippen LogP contribution is 2.32. The Bertz CT molecular complexity index is 1030. The molecule has 0 saturated heterocycles. The van der Waals surface area contributed by atoms with Gasteiger partial charge in [0, 0.05) is 23.3 Å². The molecule has 9 heteroatoms. The number of aromatic nitrogens is 4. The Morgan fingerprint density at radius 1 is 1.26 bits per heavy atom. The molecule has 31 heavy (non-hydrogen) atoms. The number of aliphatic hydroxyl groups excluding tert-OH is 1. The average molecular weight is 444 g/mol. The first kappa shape index (κ1) is 21.6. The molecular weight excluding hydrogens is 414 g/mol. The molecule has 1 aliphatic rings. The quantitative estimate of drug-likeness (QED) is 0.382. The monoisotopic (exact) mass is 443 g/mol. The Kier molecular flexibility index (Phi) is 6.77. The van der Waals surface area contributed by atoms with Gasteiger partial charge in [-0.05, 0) is 43.0 Å². The van der Waals surface area contributed by atoms with Gasteiger partial charge in [0.2, 0.25) is 5.95 Å². The van der Waals surface area contributed by atoms with Gasteiger partial charge in [-0.3, -0.25) is 0 Å². The number of aliphatic hydroxyl groups is 1. The van der Waals surface area contributed by atoms with Gasteiger partial charge in [-0.1, -0.05) is 37.8 Å². The lowest BCUT2D eigenvalue weighted by atomic mass is 9.95. The van der Waals surface area contributed by atoms with Crippen LogP contribution in [0.3, 0.4) is 0 Å². The molecule has 1 atom stereocenters. The van der Waals surface area contributed by atoms with E-state index in [1.54, 1.807) is 12.1 Å². The molecule has 1 unspecified atom stereocenters. The maximum Gasteiger partial charge on any atom is 0.227 e. The van der Waals surface area contributed by atoms with Crippen LogP contribution in [-0.4, -0.2) is 37.3 Å². The van der Waals surface area contributed by atoms with Crippen molar-refractivity contribution in [2.45, 2.75) is 64.1 Å². The number of halogens is 1. The largest absolute Gasteiger partial charge is 0.398 e. The van der Waals surface area contributed by atoms with E-state index in [-0.39, 0.29) is 12.6 Å². The lowest BCUT2D eigenvalue weighted by Crippen LogP contribution is -2.24. The van der Waals surface area contributed by atoms with E-state index in [0.717, 1.165) is 36.0 Å². The number of nitrogens with one attached hydrogen (secondary N) is 2. The summed E-state index contributed by atoms with van der Waals surface area (Å²) in [6, 6.07) is 5.71. The third-order valence-corrected chi connectivity index (χ3v) is 6.22. The number of hydrogen-bond acceptors (Lipinski definition) is 7. The fourth-order valence-corrected chi connectivity index (χ4v) is 4.29. The van der Waals surface area contributed by atoms with E-state index in [4.69, 9.17) is 22.3 Å². The second kappa shape index (κ2) is 9.70. The molecule has 1 saturated carbocycles. The van der Waals surface area contributed by atoms with Crippen molar-refractivity contribution >= 4 is 40.2 Å². The third-order valence-electron chi connectivity index (χ3n) is 5.99. The maximum absolute atomic E-state index is 9.62. The molecule has 166 valence electrons. The molecule has 1 aromatic carbocycles.